The summed E-state index contributed by atoms with van der Waals surface area (Å²) < 4.78 is 5.18. The van der Waals surface area contributed by atoms with Crippen molar-refractivity contribution in [2.24, 2.45) is 0 Å². The maximum absolute atomic E-state index is 5.18. The molecule has 1 rings (SSSR count). The third-order valence-electron chi connectivity index (χ3n) is 2.45. The fourth-order valence-electron chi connectivity index (χ4n) is 1.54. The zero-order valence-corrected chi connectivity index (χ0v) is 11.4. The molecule has 0 aromatic heterocycles. The first kappa shape index (κ1) is 13.5. The molecule has 1 aromatic rings. The maximum atomic E-state index is 5.18. The highest BCUT2D eigenvalue weighted by Crippen LogP contribution is 2.12. The number of benzene rings is 1. The molecule has 0 radical (unpaired) electrons. The molecule has 0 fully saturated rings. The SMILES string of the molecule is COc1cccc(CNCCCCCBr)c1. The van der Waals surface area contributed by atoms with Gasteiger partial charge in [-0.15, -0.1) is 0 Å². The van der Waals surface area contributed by atoms with Gasteiger partial charge in [0.15, 0.2) is 0 Å². The van der Waals surface area contributed by atoms with Crippen molar-refractivity contribution in [2.45, 2.75) is 25.8 Å². The average Bonchev–Trinajstić information content (AvgIpc) is 2.34. The van der Waals surface area contributed by atoms with Crippen molar-refractivity contribution in [1.29, 1.82) is 0 Å². The van der Waals surface area contributed by atoms with E-state index in [2.05, 4.69) is 33.4 Å². The van der Waals surface area contributed by atoms with Crippen molar-refractivity contribution in [3.8, 4) is 5.75 Å². The highest BCUT2D eigenvalue weighted by molar-refractivity contribution is 9.09. The van der Waals surface area contributed by atoms with E-state index in [-0.39, 0.29) is 0 Å². The topological polar surface area (TPSA) is 21.3 Å². The molecule has 0 saturated heterocycles. The summed E-state index contributed by atoms with van der Waals surface area (Å²) in [6.45, 7) is 2.01. The molecule has 3 heteroatoms. The summed E-state index contributed by atoms with van der Waals surface area (Å²) in [5.74, 6) is 0.929. The van der Waals surface area contributed by atoms with Crippen molar-refractivity contribution in [1.82, 2.24) is 5.32 Å². The zero-order chi connectivity index (χ0) is 11.6. The number of ether oxygens (including phenoxy) is 1. The van der Waals surface area contributed by atoms with E-state index in [1.165, 1.54) is 24.8 Å². The summed E-state index contributed by atoms with van der Waals surface area (Å²) in [4.78, 5) is 0. The second kappa shape index (κ2) is 8.59. The third kappa shape index (κ3) is 5.52. The van der Waals surface area contributed by atoms with Crippen LogP contribution in [0.2, 0.25) is 0 Å². The summed E-state index contributed by atoms with van der Waals surface area (Å²) in [6.07, 6.45) is 3.80. The molecule has 0 atom stereocenters. The smallest absolute Gasteiger partial charge is 0.119 e. The van der Waals surface area contributed by atoms with Gasteiger partial charge >= 0.3 is 0 Å². The molecule has 1 N–H and O–H groups in total. The van der Waals surface area contributed by atoms with Crippen LogP contribution < -0.4 is 10.1 Å². The summed E-state index contributed by atoms with van der Waals surface area (Å²) >= 11 is 3.44. The van der Waals surface area contributed by atoms with Gasteiger partial charge in [0.2, 0.25) is 0 Å². The second-order valence-corrected chi connectivity index (χ2v) is 4.57. The van der Waals surface area contributed by atoms with Crippen LogP contribution in [0.4, 0.5) is 0 Å². The standard InChI is InChI=1S/C13H20BrNO/c1-16-13-7-5-6-12(10-13)11-15-9-4-2-3-8-14/h5-7,10,15H,2-4,8-9,11H2,1H3. The Morgan fingerprint density at radius 2 is 2.12 bits per heavy atom. The molecule has 0 aliphatic heterocycles. The van der Waals surface area contributed by atoms with Crippen molar-refractivity contribution in [3.05, 3.63) is 29.8 Å². The predicted molar refractivity (Wildman–Crippen MR) is 72.3 cm³/mol. The van der Waals surface area contributed by atoms with Gasteiger partial charge < -0.3 is 10.1 Å². The molecule has 1 aromatic carbocycles. The number of hydrogen-bond donors (Lipinski definition) is 1. The minimum absolute atomic E-state index is 0.922. The van der Waals surface area contributed by atoms with Crippen LogP contribution in [-0.4, -0.2) is 19.0 Å². The van der Waals surface area contributed by atoms with Gasteiger partial charge in [-0.05, 0) is 37.1 Å². The molecule has 0 bridgehead atoms. The van der Waals surface area contributed by atoms with E-state index in [0.29, 0.717) is 0 Å². The fourth-order valence-corrected chi connectivity index (χ4v) is 1.93. The molecular formula is C13H20BrNO. The largest absolute Gasteiger partial charge is 0.497 e. The molecule has 0 aliphatic rings. The van der Waals surface area contributed by atoms with Gasteiger partial charge in [0.05, 0.1) is 7.11 Å². The van der Waals surface area contributed by atoms with E-state index >= 15 is 0 Å². The Labute approximate surface area is 107 Å². The highest BCUT2D eigenvalue weighted by Gasteiger charge is 1.95. The van der Waals surface area contributed by atoms with E-state index in [9.17, 15) is 0 Å². The maximum Gasteiger partial charge on any atom is 0.119 e. The number of halogens is 1. The molecule has 0 saturated carbocycles. The van der Waals surface area contributed by atoms with Crippen LogP contribution in [0.15, 0.2) is 24.3 Å². The van der Waals surface area contributed by atoms with Gasteiger partial charge in [0, 0.05) is 11.9 Å². The summed E-state index contributed by atoms with van der Waals surface area (Å²) in [5, 5.41) is 4.56. The van der Waals surface area contributed by atoms with Crippen LogP contribution in [0.1, 0.15) is 24.8 Å². The first-order valence-electron chi connectivity index (χ1n) is 5.76. The van der Waals surface area contributed by atoms with Gasteiger partial charge in [-0.25, -0.2) is 0 Å². The summed E-state index contributed by atoms with van der Waals surface area (Å²) in [7, 11) is 1.70. The van der Waals surface area contributed by atoms with Crippen molar-refractivity contribution >= 4 is 15.9 Å². The molecule has 16 heavy (non-hydrogen) atoms. The Kier molecular flexibility index (Phi) is 7.26. The van der Waals surface area contributed by atoms with E-state index in [1.807, 2.05) is 12.1 Å². The second-order valence-electron chi connectivity index (χ2n) is 3.78. The Morgan fingerprint density at radius 1 is 1.25 bits per heavy atom. The van der Waals surface area contributed by atoms with Crippen molar-refractivity contribution in [3.63, 3.8) is 0 Å². The first-order valence-corrected chi connectivity index (χ1v) is 6.88. The zero-order valence-electron chi connectivity index (χ0n) is 9.84. The molecule has 0 amide bonds. The number of unbranched alkanes of at least 4 members (excludes halogenated alkanes) is 2. The van der Waals surface area contributed by atoms with Crippen LogP contribution in [-0.2, 0) is 6.54 Å². The van der Waals surface area contributed by atoms with Gasteiger partial charge in [-0.1, -0.05) is 34.5 Å². The number of rotatable bonds is 8. The lowest BCUT2D eigenvalue weighted by atomic mass is 10.2. The molecule has 0 heterocycles. The molecule has 90 valence electrons. The normalized spacial score (nSPS) is 10.4. The van der Waals surface area contributed by atoms with Gasteiger partial charge in [-0.2, -0.15) is 0 Å². The van der Waals surface area contributed by atoms with Gasteiger partial charge in [0.1, 0.15) is 5.75 Å². The van der Waals surface area contributed by atoms with Crippen LogP contribution >= 0.6 is 15.9 Å². The molecular weight excluding hydrogens is 266 g/mol. The number of nitrogens with one attached hydrogen (secondary N) is 1. The highest BCUT2D eigenvalue weighted by atomic mass is 79.9. The van der Waals surface area contributed by atoms with Crippen molar-refractivity contribution < 1.29 is 4.74 Å². The lowest BCUT2D eigenvalue weighted by molar-refractivity contribution is 0.414. The van der Waals surface area contributed by atoms with Gasteiger partial charge in [-0.3, -0.25) is 0 Å². The van der Waals surface area contributed by atoms with Crippen LogP contribution in [0.5, 0.6) is 5.75 Å². The van der Waals surface area contributed by atoms with E-state index in [0.717, 1.165) is 24.2 Å². The van der Waals surface area contributed by atoms with E-state index in [1.54, 1.807) is 7.11 Å². The van der Waals surface area contributed by atoms with Crippen LogP contribution in [0.3, 0.4) is 0 Å². The lowest BCUT2D eigenvalue weighted by Crippen LogP contribution is -2.14. The summed E-state index contributed by atoms with van der Waals surface area (Å²) in [6, 6.07) is 8.19. The van der Waals surface area contributed by atoms with E-state index < -0.39 is 0 Å². The number of hydrogen-bond acceptors (Lipinski definition) is 2. The average molecular weight is 286 g/mol. The minimum atomic E-state index is 0.922. The Morgan fingerprint density at radius 3 is 2.88 bits per heavy atom. The summed E-state index contributed by atoms with van der Waals surface area (Å²) in [5.41, 5.74) is 1.28. The van der Waals surface area contributed by atoms with Gasteiger partial charge in [0.25, 0.3) is 0 Å². The third-order valence-corrected chi connectivity index (χ3v) is 3.01. The Balaban J connectivity index is 2.16. The fraction of sp³-hybridized carbons (Fsp3) is 0.538. The van der Waals surface area contributed by atoms with Crippen molar-refractivity contribution in [2.75, 3.05) is 19.0 Å². The van der Waals surface area contributed by atoms with Crippen LogP contribution in [0, 0.1) is 0 Å². The molecule has 0 unspecified atom stereocenters. The molecule has 0 spiro atoms. The quantitative estimate of drug-likeness (QED) is 0.584. The monoisotopic (exact) mass is 285 g/mol. The Hall–Kier alpha value is -0.540. The van der Waals surface area contributed by atoms with Crippen LogP contribution in [0.25, 0.3) is 0 Å². The van der Waals surface area contributed by atoms with E-state index in [4.69, 9.17) is 4.74 Å². The molecule has 2 nitrogen and oxygen atoms in total. The lowest BCUT2D eigenvalue weighted by Gasteiger charge is -2.06. The molecule has 0 aliphatic carbocycles. The first-order chi connectivity index (χ1) is 7.86. The Bertz CT molecular complexity index is 291. The predicted octanol–water partition coefficient (Wildman–Crippen LogP) is 3.35. The number of methoxy groups -OCH3 is 1. The number of alkyl halides is 1. The minimum Gasteiger partial charge on any atom is -0.497 e.